The molecule has 1 aromatic carbocycles. The summed E-state index contributed by atoms with van der Waals surface area (Å²) < 4.78 is 5.71. The van der Waals surface area contributed by atoms with Gasteiger partial charge in [-0.05, 0) is 62.1 Å². The van der Waals surface area contributed by atoms with Crippen molar-refractivity contribution < 1.29 is 9.34 Å². The lowest BCUT2D eigenvalue weighted by molar-refractivity contribution is -0.384. The quantitative estimate of drug-likeness (QED) is 0.103. The molecule has 1 unspecified atom stereocenters. The zero-order valence-electron chi connectivity index (χ0n) is 18.4. The molecule has 1 fully saturated rings. The minimum Gasteiger partial charge on any atom is -0.468 e. The second kappa shape index (κ2) is 14.4. The number of non-ortho nitro benzene ring substituents is 1. The number of nitrogens with zero attached hydrogens (tertiary/aromatic N) is 3. The number of hydrogen-bond acceptors (Lipinski definition) is 6. The Kier molecular flexibility index (Phi) is 11.9. The van der Waals surface area contributed by atoms with Gasteiger partial charge in [0.05, 0.1) is 23.8 Å². The SMILES string of the molecule is CSCCCNC(=NCc1ccc([N+](=O)[O-])cc1)NCC(c1ccco1)N1CCCC1.I. The van der Waals surface area contributed by atoms with Crippen LogP contribution in [-0.2, 0) is 6.54 Å². The maximum atomic E-state index is 10.8. The number of hydrogen-bond donors (Lipinski definition) is 2. The van der Waals surface area contributed by atoms with Crippen LogP contribution in [0.2, 0.25) is 0 Å². The van der Waals surface area contributed by atoms with Gasteiger partial charge in [0, 0.05) is 25.2 Å². The first kappa shape index (κ1) is 26.5. The molecule has 0 aliphatic carbocycles. The Labute approximate surface area is 210 Å². The van der Waals surface area contributed by atoms with Crippen molar-refractivity contribution in [3.05, 3.63) is 64.1 Å². The van der Waals surface area contributed by atoms with Crippen LogP contribution < -0.4 is 10.6 Å². The molecule has 0 bridgehead atoms. The fourth-order valence-corrected chi connectivity index (χ4v) is 4.06. The minimum atomic E-state index is -0.388. The lowest BCUT2D eigenvalue weighted by Gasteiger charge is -2.26. The van der Waals surface area contributed by atoms with Crippen LogP contribution in [0.4, 0.5) is 5.69 Å². The van der Waals surface area contributed by atoms with E-state index in [1.54, 1.807) is 18.4 Å². The summed E-state index contributed by atoms with van der Waals surface area (Å²) >= 11 is 1.83. The van der Waals surface area contributed by atoms with E-state index in [4.69, 9.17) is 9.41 Å². The fourth-order valence-electron chi connectivity index (χ4n) is 3.63. The highest BCUT2D eigenvalue weighted by molar-refractivity contribution is 14.0. The van der Waals surface area contributed by atoms with Crippen molar-refractivity contribution in [2.75, 3.05) is 38.2 Å². The molecule has 2 aromatic rings. The topological polar surface area (TPSA) is 95.9 Å². The summed E-state index contributed by atoms with van der Waals surface area (Å²) in [6.07, 6.45) is 7.30. The number of likely N-dealkylation sites (tertiary alicyclic amines) is 1. The van der Waals surface area contributed by atoms with Crippen molar-refractivity contribution in [1.29, 1.82) is 0 Å². The number of nitro groups is 1. The first-order valence-electron chi connectivity index (χ1n) is 10.7. The smallest absolute Gasteiger partial charge is 0.269 e. The van der Waals surface area contributed by atoms with E-state index in [2.05, 4.69) is 21.8 Å². The highest BCUT2D eigenvalue weighted by atomic mass is 127. The average molecular weight is 574 g/mol. The number of rotatable bonds is 11. The number of thioether (sulfide) groups is 1. The molecule has 0 saturated carbocycles. The van der Waals surface area contributed by atoms with Gasteiger partial charge in [-0.25, -0.2) is 4.99 Å². The largest absolute Gasteiger partial charge is 0.468 e. The maximum absolute atomic E-state index is 10.8. The summed E-state index contributed by atoms with van der Waals surface area (Å²) in [7, 11) is 0. The molecular formula is C22H32IN5O3S. The first-order chi connectivity index (χ1) is 15.2. The van der Waals surface area contributed by atoms with Gasteiger partial charge in [0.25, 0.3) is 5.69 Å². The van der Waals surface area contributed by atoms with Crippen molar-refractivity contribution in [1.82, 2.24) is 15.5 Å². The normalized spacial score (nSPS) is 15.2. The molecule has 2 heterocycles. The van der Waals surface area contributed by atoms with Gasteiger partial charge in [-0.15, -0.1) is 24.0 Å². The van der Waals surface area contributed by atoms with Gasteiger partial charge in [0.1, 0.15) is 5.76 Å². The highest BCUT2D eigenvalue weighted by Crippen LogP contribution is 2.24. The van der Waals surface area contributed by atoms with Crippen molar-refractivity contribution in [3.8, 4) is 0 Å². The number of nitrogens with one attached hydrogen (secondary N) is 2. The van der Waals surface area contributed by atoms with E-state index in [0.29, 0.717) is 13.1 Å². The van der Waals surface area contributed by atoms with E-state index in [9.17, 15) is 10.1 Å². The van der Waals surface area contributed by atoms with Gasteiger partial charge in [0.15, 0.2) is 5.96 Å². The highest BCUT2D eigenvalue weighted by Gasteiger charge is 2.25. The molecule has 0 spiro atoms. The predicted molar refractivity (Wildman–Crippen MR) is 141 cm³/mol. The Morgan fingerprint density at radius 2 is 2.00 bits per heavy atom. The van der Waals surface area contributed by atoms with E-state index in [1.165, 1.54) is 25.0 Å². The van der Waals surface area contributed by atoms with Gasteiger partial charge >= 0.3 is 0 Å². The molecule has 1 saturated heterocycles. The van der Waals surface area contributed by atoms with Crippen LogP contribution in [0.3, 0.4) is 0 Å². The summed E-state index contributed by atoms with van der Waals surface area (Å²) in [6.45, 7) is 4.13. The summed E-state index contributed by atoms with van der Waals surface area (Å²) in [5.41, 5.74) is 1.02. The molecule has 1 aliphatic heterocycles. The zero-order valence-corrected chi connectivity index (χ0v) is 21.5. The van der Waals surface area contributed by atoms with Crippen LogP contribution in [0.5, 0.6) is 0 Å². The predicted octanol–water partition coefficient (Wildman–Crippen LogP) is 4.43. The van der Waals surface area contributed by atoms with E-state index < -0.39 is 0 Å². The van der Waals surface area contributed by atoms with E-state index in [0.717, 1.165) is 49.1 Å². The Bertz CT molecular complexity index is 827. The Morgan fingerprint density at radius 3 is 2.62 bits per heavy atom. The van der Waals surface area contributed by atoms with Crippen molar-refractivity contribution >= 4 is 47.4 Å². The standard InChI is InChI=1S/C22H31N5O3S.HI/c1-31-15-5-11-23-22(24-16-18-7-9-19(10-8-18)27(28)29)25-17-20(21-6-4-14-30-21)26-12-2-3-13-26;/h4,6-10,14,20H,2-3,5,11-13,15-17H2,1H3,(H2,23,24,25);1H. The van der Waals surface area contributed by atoms with Crippen molar-refractivity contribution in [2.24, 2.45) is 4.99 Å². The molecule has 1 atom stereocenters. The summed E-state index contributed by atoms with van der Waals surface area (Å²) in [5.74, 6) is 2.80. The molecule has 176 valence electrons. The number of benzene rings is 1. The minimum absolute atomic E-state index is 0. The van der Waals surface area contributed by atoms with Gasteiger partial charge < -0.3 is 15.1 Å². The van der Waals surface area contributed by atoms with Gasteiger partial charge in [-0.2, -0.15) is 11.8 Å². The lowest BCUT2D eigenvalue weighted by atomic mass is 10.2. The maximum Gasteiger partial charge on any atom is 0.269 e. The van der Waals surface area contributed by atoms with Crippen molar-refractivity contribution in [3.63, 3.8) is 0 Å². The second-order valence-electron chi connectivity index (χ2n) is 7.52. The molecule has 10 heteroatoms. The van der Waals surface area contributed by atoms with Crippen LogP contribution in [-0.4, -0.2) is 54.0 Å². The number of furan rings is 1. The van der Waals surface area contributed by atoms with Gasteiger partial charge in [-0.1, -0.05) is 12.1 Å². The van der Waals surface area contributed by atoms with Crippen LogP contribution in [0.15, 0.2) is 52.1 Å². The molecule has 1 aromatic heterocycles. The molecule has 32 heavy (non-hydrogen) atoms. The first-order valence-corrected chi connectivity index (χ1v) is 12.1. The summed E-state index contributed by atoms with van der Waals surface area (Å²) in [6, 6.07) is 10.7. The molecule has 0 radical (unpaired) electrons. The molecule has 0 amide bonds. The van der Waals surface area contributed by atoms with Gasteiger partial charge in [-0.3, -0.25) is 15.0 Å². The zero-order chi connectivity index (χ0) is 21.9. The number of halogens is 1. The molecule has 8 nitrogen and oxygen atoms in total. The van der Waals surface area contributed by atoms with Crippen LogP contribution in [0.1, 0.15) is 36.6 Å². The Hall–Kier alpha value is -1.79. The number of nitro benzene ring substituents is 1. The van der Waals surface area contributed by atoms with Gasteiger partial charge in [0.2, 0.25) is 0 Å². The molecule has 3 rings (SSSR count). The van der Waals surface area contributed by atoms with E-state index >= 15 is 0 Å². The summed E-state index contributed by atoms with van der Waals surface area (Å²) in [4.78, 5) is 17.6. The van der Waals surface area contributed by atoms with Crippen LogP contribution in [0, 0.1) is 10.1 Å². The monoisotopic (exact) mass is 573 g/mol. The third-order valence-electron chi connectivity index (χ3n) is 5.30. The average Bonchev–Trinajstić information content (AvgIpc) is 3.50. The second-order valence-corrected chi connectivity index (χ2v) is 8.50. The number of aliphatic imine (C=N–C) groups is 1. The van der Waals surface area contributed by atoms with Crippen molar-refractivity contribution in [2.45, 2.75) is 31.8 Å². The third kappa shape index (κ3) is 8.28. The Balaban J connectivity index is 0.00000363. The Morgan fingerprint density at radius 1 is 1.25 bits per heavy atom. The third-order valence-corrected chi connectivity index (χ3v) is 6.00. The van der Waals surface area contributed by atoms with E-state index in [1.807, 2.05) is 23.9 Å². The summed E-state index contributed by atoms with van der Waals surface area (Å²) in [5, 5.41) is 17.7. The lowest BCUT2D eigenvalue weighted by Crippen LogP contribution is -2.43. The molecule has 2 N–H and O–H groups in total. The van der Waals surface area contributed by atoms with E-state index in [-0.39, 0.29) is 40.6 Å². The fraction of sp³-hybridized carbons (Fsp3) is 0.500. The van der Waals surface area contributed by atoms with Crippen LogP contribution in [0.25, 0.3) is 0 Å². The molecule has 1 aliphatic rings. The molecular weight excluding hydrogens is 541 g/mol. The van der Waals surface area contributed by atoms with Crippen LogP contribution >= 0.6 is 35.7 Å². The number of guanidine groups is 1.